The lowest BCUT2D eigenvalue weighted by molar-refractivity contribution is -0.395. The molecule has 6 rings (SSSR count). The van der Waals surface area contributed by atoms with E-state index in [2.05, 4.69) is 14.4 Å². The zero-order valence-electron chi connectivity index (χ0n) is 46.3. The molecule has 0 radical (unpaired) electrons. The van der Waals surface area contributed by atoms with Crippen LogP contribution in [-0.4, -0.2) is 394 Å². The Morgan fingerprint density at radius 2 is 0.764 bits per heavy atom. The topological polar surface area (TPSA) is 698 Å². The number of hydrogen-bond donors (Lipinski definition) is 26. The molecule has 34 atom stereocenters. The Hall–Kier alpha value is -1.63. The first-order valence-corrected chi connectivity index (χ1v) is 30.1. The summed E-state index contributed by atoms with van der Waals surface area (Å²) in [4.78, 5) is 48.9. The van der Waals surface area contributed by atoms with Crippen LogP contribution in [0.2, 0.25) is 0 Å². The van der Waals surface area contributed by atoms with E-state index >= 15 is 0 Å². The van der Waals surface area contributed by atoms with Crippen molar-refractivity contribution in [2.75, 3.05) is 52.9 Å². The third-order valence-corrected chi connectivity index (χ3v) is 16.0. The number of aliphatic hydroxyl groups excluding tert-OH is 21. The summed E-state index contributed by atoms with van der Waals surface area (Å²) in [7, 11) is -10.5. The van der Waals surface area contributed by atoms with Crippen molar-refractivity contribution >= 4 is 21.6 Å². The molecule has 0 aliphatic carbocycles. The number of phosphoric acid groups is 2. The first-order valence-electron chi connectivity index (χ1n) is 27.0. The van der Waals surface area contributed by atoms with E-state index in [1.165, 1.54) is 0 Å². The summed E-state index contributed by atoms with van der Waals surface area (Å²) >= 11 is 0. The van der Waals surface area contributed by atoms with Gasteiger partial charge < -0.3 is 189 Å². The Morgan fingerprint density at radius 1 is 0.416 bits per heavy atom. The Bertz CT molecular complexity index is 2260. The highest BCUT2D eigenvalue weighted by Crippen LogP contribution is 2.40. The minimum atomic E-state index is -5.30. The van der Waals surface area contributed by atoms with Crippen LogP contribution >= 0.6 is 15.6 Å². The molecule has 45 heteroatoms. The molecule has 0 aromatic rings. The second kappa shape index (κ2) is 32.9. The fourth-order valence-corrected chi connectivity index (χ4v) is 10.8. The maximum Gasteiger partial charge on any atom is 0.469 e. The van der Waals surface area contributed by atoms with Crippen molar-refractivity contribution in [2.45, 2.75) is 216 Å². The van der Waals surface area contributed by atoms with Gasteiger partial charge in [0.25, 0.3) is 0 Å². The van der Waals surface area contributed by atoms with Gasteiger partial charge in [-0.05, 0) is 0 Å². The summed E-state index contributed by atoms with van der Waals surface area (Å²) < 4.78 is 99.6. The number of ether oxygens (including phenoxy) is 12. The molecule has 6 saturated heterocycles. The third kappa shape index (κ3) is 18.9. The van der Waals surface area contributed by atoms with Crippen LogP contribution in [0.5, 0.6) is 0 Å². The molecule has 0 unspecified atom stereocenters. The zero-order chi connectivity index (χ0) is 66.5. The van der Waals surface area contributed by atoms with E-state index in [4.69, 9.17) is 56.8 Å². The summed E-state index contributed by atoms with van der Waals surface area (Å²) in [6.45, 7) is -8.18. The molecule has 6 aliphatic heterocycles. The summed E-state index contributed by atoms with van der Waals surface area (Å²) in [5.74, 6) is -0.865. The lowest BCUT2D eigenvalue weighted by Gasteiger charge is -2.49. The van der Waals surface area contributed by atoms with Gasteiger partial charge in [0.1, 0.15) is 165 Å². The van der Waals surface area contributed by atoms with Gasteiger partial charge in [-0.1, -0.05) is 0 Å². The molecule has 522 valence electrons. The van der Waals surface area contributed by atoms with E-state index in [1.54, 1.807) is 0 Å². The summed E-state index contributed by atoms with van der Waals surface area (Å²) in [5.41, 5.74) is 0. The van der Waals surface area contributed by atoms with Gasteiger partial charge in [0.05, 0.1) is 58.9 Å². The SMILES string of the molecule is CC(=O)N[C@@H](CO)[C@@H](O)[C@H](O[C@@H]1O[C@H](CO[C@H]2O[C@H](CO[C@H]3O[C@H](COP(=O)(O)O)[C@@H](O)[C@H](O)[C@@H]3O)[C@@H](O)[C@H](O[C@H]3O[C@H](CO)[C@@H](O)[C@H](O)[C@@H]3O)[C@@H]2O)[C@@H](O)[C@H](O[C@H]2O[C@H](CO)[C@@H](O)[C@H](O)[C@@H]2O[C@H]2O[C@H](COP(=O)(O)O)[C@@H](O)[C@H](O)[C@@H]2O)[C@@H]1O)[C@H](O)CO. The van der Waals surface area contributed by atoms with E-state index in [9.17, 15) is 141 Å². The number of nitrogens with one attached hydrogen (secondary N) is 1. The van der Waals surface area contributed by atoms with Crippen molar-refractivity contribution in [3.05, 3.63) is 0 Å². The van der Waals surface area contributed by atoms with Crippen molar-refractivity contribution in [3.63, 3.8) is 0 Å². The fraction of sp³-hybridized carbons (Fsp3) is 0.977. The van der Waals surface area contributed by atoms with Gasteiger partial charge in [-0.25, -0.2) is 9.13 Å². The van der Waals surface area contributed by atoms with E-state index in [1.807, 2.05) is 0 Å². The van der Waals surface area contributed by atoms with Gasteiger partial charge in [-0.2, -0.15) is 0 Å². The van der Waals surface area contributed by atoms with Gasteiger partial charge >= 0.3 is 15.6 Å². The highest BCUT2D eigenvalue weighted by molar-refractivity contribution is 7.46. The van der Waals surface area contributed by atoms with E-state index in [0.717, 1.165) is 6.92 Å². The first-order chi connectivity index (χ1) is 41.6. The molecular weight excluding hydrogens is 1280 g/mol. The fourth-order valence-electron chi connectivity index (χ4n) is 10.1. The molecular formula is C44H79NO42P2. The number of aliphatic hydroxyl groups is 21. The van der Waals surface area contributed by atoms with Crippen LogP contribution in [-0.2, 0) is 79.8 Å². The standard InChI is InChI=1S/C44H79NO42P2/c1-10(50)45-11(2-46)19(52)35(12(51)3-47)84-43-34(67)37(86-44-38(29(62)21(54)14(5-49)79-44)87-42-32(65)28(61)23(56)18(83-42)9-77-89(71,72)73)25(58)16(82-43)7-75-40-33(66)36(85-41-31(64)26(59)20(53)13(4-48)78-41)24(57)15(80-40)6-74-39-30(63)27(60)22(55)17(81-39)8-76-88(68,69)70/h11-44,46-49,51-67H,2-9H2,1H3,(H,45,50)(H2,68,69,70)(H2,71,72,73)/t11-,12+,13+,14+,15+,16+,17+,18+,19+,20+,21+,22+,23+,24+,25+,26-,27-,28-,29-,30-,31-,32-,33-,34-,35+,36-,37-,38-,39-,40-,41+,42+,43-,44+/m0/s1. The second-order valence-corrected chi connectivity index (χ2v) is 23.8. The number of hydrogen-bond acceptors (Lipinski definition) is 38. The van der Waals surface area contributed by atoms with E-state index in [-0.39, 0.29) is 0 Å². The van der Waals surface area contributed by atoms with Crippen molar-refractivity contribution in [1.82, 2.24) is 5.32 Å². The number of phosphoric ester groups is 2. The van der Waals surface area contributed by atoms with Gasteiger partial charge in [0.15, 0.2) is 37.7 Å². The van der Waals surface area contributed by atoms with E-state index in [0.29, 0.717) is 0 Å². The average molecular weight is 1360 g/mol. The minimum Gasteiger partial charge on any atom is -0.394 e. The monoisotopic (exact) mass is 1360 g/mol. The van der Waals surface area contributed by atoms with Crippen molar-refractivity contribution < 1.29 is 207 Å². The number of carbonyl (C=O) groups is 1. The van der Waals surface area contributed by atoms with Crippen LogP contribution in [0.15, 0.2) is 0 Å². The second-order valence-electron chi connectivity index (χ2n) is 21.4. The molecule has 26 N–H and O–H groups in total. The van der Waals surface area contributed by atoms with Crippen LogP contribution in [0.25, 0.3) is 0 Å². The van der Waals surface area contributed by atoms with Crippen LogP contribution in [0.3, 0.4) is 0 Å². The molecule has 0 spiro atoms. The zero-order valence-corrected chi connectivity index (χ0v) is 48.1. The highest BCUT2D eigenvalue weighted by atomic mass is 31.2. The Morgan fingerprint density at radius 3 is 1.19 bits per heavy atom. The first kappa shape index (κ1) is 76.4. The summed E-state index contributed by atoms with van der Waals surface area (Å²) in [6, 6.07) is -1.73. The molecule has 6 aliphatic rings. The number of rotatable bonds is 28. The van der Waals surface area contributed by atoms with Crippen molar-refractivity contribution in [3.8, 4) is 0 Å². The largest absolute Gasteiger partial charge is 0.469 e. The lowest BCUT2D eigenvalue weighted by atomic mass is 9.95. The maximum atomic E-state index is 12.1. The lowest BCUT2D eigenvalue weighted by Crippen LogP contribution is -2.68. The maximum absolute atomic E-state index is 12.1. The Labute approximate surface area is 501 Å². The molecule has 0 saturated carbocycles. The van der Waals surface area contributed by atoms with Crippen molar-refractivity contribution in [2.24, 2.45) is 0 Å². The van der Waals surface area contributed by atoms with Gasteiger partial charge in [0, 0.05) is 6.92 Å². The third-order valence-electron chi connectivity index (χ3n) is 15.0. The van der Waals surface area contributed by atoms with Gasteiger partial charge in [-0.3, -0.25) is 13.8 Å². The van der Waals surface area contributed by atoms with E-state index < -0.39 is 283 Å². The summed E-state index contributed by atoms with van der Waals surface area (Å²) in [6.07, 6.45) is -72.4. The highest BCUT2D eigenvalue weighted by Gasteiger charge is 2.57. The normalized spacial score (nSPS) is 44.9. The van der Waals surface area contributed by atoms with Gasteiger partial charge in [-0.15, -0.1) is 0 Å². The summed E-state index contributed by atoms with van der Waals surface area (Å²) in [5, 5.41) is 230. The van der Waals surface area contributed by atoms with Crippen LogP contribution in [0, 0.1) is 0 Å². The molecule has 6 fully saturated rings. The van der Waals surface area contributed by atoms with Crippen LogP contribution < -0.4 is 5.32 Å². The molecule has 0 aromatic carbocycles. The average Bonchev–Trinajstić information content (AvgIpc) is 0.985. The molecule has 6 heterocycles. The predicted molar refractivity (Wildman–Crippen MR) is 267 cm³/mol. The number of amides is 1. The Balaban J connectivity index is 1.35. The quantitative estimate of drug-likeness (QED) is 0.0324. The molecule has 43 nitrogen and oxygen atoms in total. The van der Waals surface area contributed by atoms with Gasteiger partial charge in [0.2, 0.25) is 5.91 Å². The smallest absolute Gasteiger partial charge is 0.394 e. The molecule has 1 amide bonds. The van der Waals surface area contributed by atoms with Crippen molar-refractivity contribution in [1.29, 1.82) is 0 Å². The molecule has 0 bridgehead atoms. The predicted octanol–water partition coefficient (Wildman–Crippen LogP) is -16.3. The minimum absolute atomic E-state index is 0.865. The Kier molecular flexibility index (Phi) is 28.2. The molecule has 89 heavy (non-hydrogen) atoms. The van der Waals surface area contributed by atoms with Crippen LogP contribution in [0.1, 0.15) is 6.92 Å². The number of carbonyl (C=O) groups excluding carboxylic acids is 1. The molecule has 0 aromatic heterocycles. The van der Waals surface area contributed by atoms with Crippen LogP contribution in [0.4, 0.5) is 0 Å².